The summed E-state index contributed by atoms with van der Waals surface area (Å²) in [5, 5.41) is 28.2. The predicted molar refractivity (Wildman–Crippen MR) is 192 cm³/mol. The molecule has 0 spiro atoms. The van der Waals surface area contributed by atoms with Gasteiger partial charge in [-0.05, 0) is 86.7 Å². The Morgan fingerprint density at radius 3 is 1.25 bits per heavy atom. The number of nitrogens with one attached hydrogen (secondary N) is 8. The molecule has 0 bridgehead atoms. The second kappa shape index (κ2) is 25.1. The van der Waals surface area contributed by atoms with E-state index in [-0.39, 0.29) is 6.42 Å². The van der Waals surface area contributed by atoms with Crippen molar-refractivity contribution < 1.29 is 48.3 Å². The highest BCUT2D eigenvalue weighted by molar-refractivity contribution is 5.97. The van der Waals surface area contributed by atoms with Gasteiger partial charge in [0.15, 0.2) is 0 Å². The molecule has 302 valence electrons. The minimum atomic E-state index is -1.26. The number of carbonyl (C=O) groups excluding carboxylic acids is 8. The average molecular weight is 758 g/mol. The standard InChI is InChI=1S/C32H59N11O10/c1-16(37-24(44)15-36-30(50)22(35)11-7-9-13-33)25(45)38-17(2)26(46)40-20(5)29(49)43-23(12-8-10-14-34)31(51)41-19(4)27(47)39-18(3)28(48)42-21(6)32(52)53/h16-23H,7-15,33-35H2,1-6H3,(H,36,50)(H,37,44)(H,38,45)(H,39,47)(H,40,46)(H,41,51)(H,42,48)(H,43,49)(H,52,53)/t16-,17-,18-,19-,20-,21-,22-,23-/m0/s1. The number of rotatable bonds is 25. The molecule has 0 saturated carbocycles. The zero-order chi connectivity index (χ0) is 40.8. The summed E-state index contributed by atoms with van der Waals surface area (Å²) >= 11 is 0. The van der Waals surface area contributed by atoms with Crippen molar-refractivity contribution in [2.75, 3.05) is 19.6 Å². The van der Waals surface area contributed by atoms with Crippen molar-refractivity contribution >= 4 is 53.2 Å². The lowest BCUT2D eigenvalue weighted by Crippen LogP contribution is -2.58. The van der Waals surface area contributed by atoms with Gasteiger partial charge in [0, 0.05) is 0 Å². The highest BCUT2D eigenvalue weighted by Crippen LogP contribution is 2.04. The van der Waals surface area contributed by atoms with Crippen molar-refractivity contribution in [1.82, 2.24) is 42.5 Å². The van der Waals surface area contributed by atoms with Crippen molar-refractivity contribution in [3.8, 4) is 0 Å². The van der Waals surface area contributed by atoms with E-state index in [4.69, 9.17) is 22.3 Å². The fourth-order valence-corrected chi connectivity index (χ4v) is 4.35. The van der Waals surface area contributed by atoms with Gasteiger partial charge in [-0.15, -0.1) is 0 Å². The molecule has 0 fully saturated rings. The highest BCUT2D eigenvalue weighted by atomic mass is 16.4. The van der Waals surface area contributed by atoms with E-state index in [9.17, 15) is 43.2 Å². The molecule has 0 aromatic carbocycles. The van der Waals surface area contributed by atoms with E-state index in [1.54, 1.807) is 0 Å². The maximum Gasteiger partial charge on any atom is 0.325 e. The topological polar surface area (TPSA) is 348 Å². The molecule has 15 N–H and O–H groups in total. The van der Waals surface area contributed by atoms with Crippen LogP contribution in [0.15, 0.2) is 0 Å². The maximum absolute atomic E-state index is 13.1. The Morgan fingerprint density at radius 1 is 0.472 bits per heavy atom. The fraction of sp³-hybridized carbons (Fsp3) is 0.719. The second-order valence-electron chi connectivity index (χ2n) is 12.7. The van der Waals surface area contributed by atoms with Gasteiger partial charge in [0.2, 0.25) is 47.3 Å². The van der Waals surface area contributed by atoms with Crippen LogP contribution in [0.4, 0.5) is 0 Å². The van der Waals surface area contributed by atoms with Crippen molar-refractivity contribution in [2.45, 2.75) is 128 Å². The Labute approximate surface area is 309 Å². The van der Waals surface area contributed by atoms with Gasteiger partial charge >= 0.3 is 5.97 Å². The molecule has 0 aromatic heterocycles. The van der Waals surface area contributed by atoms with Crippen LogP contribution in [0.1, 0.15) is 80.1 Å². The molecule has 8 atom stereocenters. The van der Waals surface area contributed by atoms with E-state index in [1.165, 1.54) is 41.5 Å². The molecule has 0 aromatic rings. The van der Waals surface area contributed by atoms with Gasteiger partial charge in [-0.1, -0.05) is 6.42 Å². The van der Waals surface area contributed by atoms with Gasteiger partial charge in [0.1, 0.15) is 42.3 Å². The first-order chi connectivity index (χ1) is 24.7. The molecule has 0 saturated heterocycles. The van der Waals surface area contributed by atoms with Crippen LogP contribution in [0.2, 0.25) is 0 Å². The summed E-state index contributed by atoms with van der Waals surface area (Å²) < 4.78 is 0. The molecule has 0 heterocycles. The van der Waals surface area contributed by atoms with Crippen LogP contribution in [-0.4, -0.2) is 126 Å². The summed E-state index contributed by atoms with van der Waals surface area (Å²) in [6.45, 7) is 8.38. The van der Waals surface area contributed by atoms with Gasteiger partial charge in [0.05, 0.1) is 12.6 Å². The molecule has 21 nitrogen and oxygen atoms in total. The Kier molecular flexibility index (Phi) is 22.8. The number of carboxylic acids is 1. The minimum Gasteiger partial charge on any atom is -0.480 e. The summed E-state index contributed by atoms with van der Waals surface area (Å²) in [7, 11) is 0. The zero-order valence-electron chi connectivity index (χ0n) is 31.3. The van der Waals surface area contributed by atoms with E-state index in [2.05, 4.69) is 42.5 Å². The van der Waals surface area contributed by atoms with E-state index < -0.39 is 108 Å². The first kappa shape index (κ1) is 48.1. The van der Waals surface area contributed by atoms with E-state index in [0.29, 0.717) is 45.2 Å². The van der Waals surface area contributed by atoms with E-state index >= 15 is 0 Å². The summed E-state index contributed by atoms with van der Waals surface area (Å²) in [4.78, 5) is 112. The third-order valence-corrected chi connectivity index (χ3v) is 7.82. The number of unbranched alkanes of at least 4 members (excludes halogenated alkanes) is 2. The van der Waals surface area contributed by atoms with Gasteiger partial charge in [-0.25, -0.2) is 0 Å². The van der Waals surface area contributed by atoms with E-state index in [0.717, 1.165) is 0 Å². The predicted octanol–water partition coefficient (Wildman–Crippen LogP) is -4.71. The van der Waals surface area contributed by atoms with Crippen LogP contribution < -0.4 is 59.7 Å². The van der Waals surface area contributed by atoms with Crippen LogP contribution in [0.3, 0.4) is 0 Å². The maximum atomic E-state index is 13.1. The molecular formula is C32H59N11O10. The zero-order valence-corrected chi connectivity index (χ0v) is 31.3. The Balaban J connectivity index is 5.10. The largest absolute Gasteiger partial charge is 0.480 e. The van der Waals surface area contributed by atoms with Crippen LogP contribution >= 0.6 is 0 Å². The Hall–Kier alpha value is -4.89. The number of amides is 8. The molecule has 8 amide bonds. The second-order valence-corrected chi connectivity index (χ2v) is 12.7. The smallest absolute Gasteiger partial charge is 0.325 e. The quantitative estimate of drug-likeness (QED) is 0.0390. The molecule has 0 radical (unpaired) electrons. The lowest BCUT2D eigenvalue weighted by Gasteiger charge is -2.24. The van der Waals surface area contributed by atoms with Crippen molar-refractivity contribution in [3.63, 3.8) is 0 Å². The molecular weight excluding hydrogens is 698 g/mol. The third-order valence-electron chi connectivity index (χ3n) is 7.82. The number of carbonyl (C=O) groups is 9. The lowest BCUT2D eigenvalue weighted by molar-refractivity contribution is -0.141. The summed E-state index contributed by atoms with van der Waals surface area (Å²) in [5.41, 5.74) is 16.8. The number of hydrogen-bond donors (Lipinski definition) is 12. The van der Waals surface area contributed by atoms with Crippen molar-refractivity contribution in [3.05, 3.63) is 0 Å². The summed E-state index contributed by atoms with van der Waals surface area (Å²) in [5.74, 6) is -6.90. The summed E-state index contributed by atoms with van der Waals surface area (Å²) in [6.07, 6.45) is 2.86. The fourth-order valence-electron chi connectivity index (χ4n) is 4.35. The molecule has 21 heteroatoms. The number of hydrogen-bond acceptors (Lipinski definition) is 12. The Bertz CT molecular complexity index is 1280. The van der Waals surface area contributed by atoms with Gasteiger partial charge in [0.25, 0.3) is 0 Å². The van der Waals surface area contributed by atoms with Crippen LogP contribution in [0, 0.1) is 0 Å². The van der Waals surface area contributed by atoms with E-state index in [1.807, 2.05) is 0 Å². The molecule has 0 aliphatic rings. The Morgan fingerprint density at radius 2 is 0.830 bits per heavy atom. The first-order valence-electron chi connectivity index (χ1n) is 17.5. The van der Waals surface area contributed by atoms with Crippen molar-refractivity contribution in [1.29, 1.82) is 0 Å². The minimum absolute atomic E-state index is 0.136. The molecule has 0 aliphatic carbocycles. The highest BCUT2D eigenvalue weighted by Gasteiger charge is 2.29. The number of aliphatic carboxylic acids is 1. The third kappa shape index (κ3) is 19.5. The van der Waals surface area contributed by atoms with Gasteiger partial charge in [-0.2, -0.15) is 0 Å². The summed E-state index contributed by atoms with van der Waals surface area (Å²) in [6, 6.07) is -8.84. The van der Waals surface area contributed by atoms with Crippen LogP contribution in [0.5, 0.6) is 0 Å². The van der Waals surface area contributed by atoms with Gasteiger partial charge < -0.3 is 64.8 Å². The molecule has 53 heavy (non-hydrogen) atoms. The van der Waals surface area contributed by atoms with Crippen LogP contribution in [0.25, 0.3) is 0 Å². The molecule has 0 rings (SSSR count). The van der Waals surface area contributed by atoms with Gasteiger partial charge in [-0.3, -0.25) is 43.2 Å². The van der Waals surface area contributed by atoms with Crippen LogP contribution in [-0.2, 0) is 43.2 Å². The van der Waals surface area contributed by atoms with Crippen molar-refractivity contribution in [2.24, 2.45) is 17.2 Å². The molecule has 0 aliphatic heterocycles. The lowest BCUT2D eigenvalue weighted by atomic mass is 10.1. The normalized spacial score (nSPS) is 15.3. The molecule has 0 unspecified atom stereocenters. The number of carboxylic acid groups (broad SMARTS) is 1. The SMILES string of the molecule is C[C@H](NC(=O)[C@H](C)NC(=O)[C@H](C)NC(=O)[C@H](CCCCN)NC(=O)[C@H](C)NC(=O)[C@H](C)NC(=O)[C@H](C)NC(=O)CNC(=O)[C@@H](N)CCCCN)C(=O)O. The average Bonchev–Trinajstić information content (AvgIpc) is 3.09. The monoisotopic (exact) mass is 757 g/mol. The number of nitrogens with two attached hydrogens (primary N) is 3. The first-order valence-corrected chi connectivity index (χ1v) is 17.5.